The lowest BCUT2D eigenvalue weighted by Gasteiger charge is -2.30. The number of pyridine rings is 1. The van der Waals surface area contributed by atoms with Gasteiger partial charge in [0.15, 0.2) is 0 Å². The minimum Gasteiger partial charge on any atom is -0.337 e. The van der Waals surface area contributed by atoms with Gasteiger partial charge in [-0.3, -0.25) is 9.78 Å². The Hall–Kier alpha value is -0.840. The molecule has 0 saturated carbocycles. The number of amides is 1. The topological polar surface area (TPSA) is 59.2 Å². The molecule has 2 N–H and O–H groups in total. The molecule has 0 aliphatic carbocycles. The number of nitrogens with two attached hydrogens (primary N) is 1. The molecule has 0 radical (unpaired) electrons. The third kappa shape index (κ3) is 4.12. The lowest BCUT2D eigenvalue weighted by molar-refractivity contribution is 0.0708. The molecule has 1 amide bonds. The van der Waals surface area contributed by atoms with Gasteiger partial charge in [0.25, 0.3) is 5.91 Å². The highest BCUT2D eigenvalue weighted by Crippen LogP contribution is 2.12. The van der Waals surface area contributed by atoms with Crippen LogP contribution in [-0.2, 0) is 0 Å². The van der Waals surface area contributed by atoms with Crippen LogP contribution >= 0.6 is 24.8 Å². The molecule has 6 heteroatoms. The first-order chi connectivity index (χ1) is 7.66. The summed E-state index contributed by atoms with van der Waals surface area (Å²) in [5.41, 5.74) is 7.53. The van der Waals surface area contributed by atoms with Crippen LogP contribution in [0.5, 0.6) is 0 Å². The Morgan fingerprint density at radius 3 is 2.78 bits per heavy atom. The van der Waals surface area contributed by atoms with E-state index in [1.165, 1.54) is 0 Å². The molecule has 1 aromatic rings. The molecule has 1 fully saturated rings. The first-order valence-electron chi connectivity index (χ1n) is 5.63. The van der Waals surface area contributed by atoms with Crippen LogP contribution in [0.1, 0.15) is 28.8 Å². The highest BCUT2D eigenvalue weighted by molar-refractivity contribution is 5.94. The average molecular weight is 292 g/mol. The molecule has 4 nitrogen and oxygen atoms in total. The van der Waals surface area contributed by atoms with Crippen LogP contribution in [-0.4, -0.2) is 34.9 Å². The molecule has 2 heterocycles. The van der Waals surface area contributed by atoms with Crippen LogP contribution in [0.4, 0.5) is 0 Å². The molecule has 1 aromatic heterocycles. The highest BCUT2D eigenvalue weighted by Gasteiger charge is 2.22. The van der Waals surface area contributed by atoms with Crippen molar-refractivity contribution in [3.63, 3.8) is 0 Å². The molecule has 102 valence electrons. The molecular weight excluding hydrogens is 273 g/mol. The fraction of sp³-hybridized carbons (Fsp3) is 0.500. The first-order valence-corrected chi connectivity index (χ1v) is 5.63. The SMILES string of the molecule is Cc1cncc(C(=O)N2CCC[C@@H](N)C2)c1.Cl.Cl. The molecule has 18 heavy (non-hydrogen) atoms. The summed E-state index contributed by atoms with van der Waals surface area (Å²) in [7, 11) is 0. The van der Waals surface area contributed by atoms with Crippen molar-refractivity contribution in [3.8, 4) is 0 Å². The quantitative estimate of drug-likeness (QED) is 0.858. The van der Waals surface area contributed by atoms with E-state index in [-0.39, 0.29) is 36.8 Å². The molecule has 1 aliphatic heterocycles. The first kappa shape index (κ1) is 17.2. The Morgan fingerprint density at radius 1 is 1.44 bits per heavy atom. The van der Waals surface area contributed by atoms with Gasteiger partial charge in [0, 0.05) is 31.5 Å². The van der Waals surface area contributed by atoms with E-state index in [1.807, 2.05) is 17.9 Å². The van der Waals surface area contributed by atoms with Crippen molar-refractivity contribution < 1.29 is 4.79 Å². The van der Waals surface area contributed by atoms with Gasteiger partial charge in [0.2, 0.25) is 0 Å². The lowest BCUT2D eigenvalue weighted by atomic mass is 10.1. The number of piperidine rings is 1. The van der Waals surface area contributed by atoms with E-state index >= 15 is 0 Å². The van der Waals surface area contributed by atoms with E-state index < -0.39 is 0 Å². The van der Waals surface area contributed by atoms with Crippen molar-refractivity contribution in [1.82, 2.24) is 9.88 Å². The minimum atomic E-state index is 0. The van der Waals surface area contributed by atoms with Gasteiger partial charge in [-0.15, -0.1) is 24.8 Å². The van der Waals surface area contributed by atoms with Gasteiger partial charge in [0.1, 0.15) is 0 Å². The van der Waals surface area contributed by atoms with Crippen molar-refractivity contribution in [2.75, 3.05) is 13.1 Å². The number of carbonyl (C=O) groups is 1. The Labute approximate surface area is 120 Å². The minimum absolute atomic E-state index is 0. The van der Waals surface area contributed by atoms with Crippen molar-refractivity contribution >= 4 is 30.7 Å². The number of halogens is 2. The fourth-order valence-electron chi connectivity index (χ4n) is 2.05. The highest BCUT2D eigenvalue weighted by atomic mass is 35.5. The van der Waals surface area contributed by atoms with E-state index in [0.717, 1.165) is 24.9 Å². The van der Waals surface area contributed by atoms with Crippen molar-refractivity contribution in [2.24, 2.45) is 5.73 Å². The van der Waals surface area contributed by atoms with Gasteiger partial charge in [-0.25, -0.2) is 0 Å². The monoisotopic (exact) mass is 291 g/mol. The predicted octanol–water partition coefficient (Wildman–Crippen LogP) is 1.80. The number of hydrogen-bond acceptors (Lipinski definition) is 3. The zero-order valence-corrected chi connectivity index (χ0v) is 12.0. The molecule has 1 saturated heterocycles. The van der Waals surface area contributed by atoms with E-state index in [2.05, 4.69) is 4.98 Å². The van der Waals surface area contributed by atoms with Crippen LogP contribution in [0, 0.1) is 6.92 Å². The van der Waals surface area contributed by atoms with Crippen LogP contribution in [0.3, 0.4) is 0 Å². The molecule has 0 aromatic carbocycles. The van der Waals surface area contributed by atoms with Crippen LogP contribution < -0.4 is 5.73 Å². The maximum atomic E-state index is 12.1. The smallest absolute Gasteiger partial charge is 0.255 e. The van der Waals surface area contributed by atoms with E-state index in [4.69, 9.17) is 5.73 Å². The zero-order chi connectivity index (χ0) is 11.5. The number of carbonyl (C=O) groups excluding carboxylic acids is 1. The number of rotatable bonds is 1. The van der Waals surface area contributed by atoms with Crippen LogP contribution in [0.2, 0.25) is 0 Å². The average Bonchev–Trinajstić information content (AvgIpc) is 2.28. The summed E-state index contributed by atoms with van der Waals surface area (Å²) in [4.78, 5) is 18.0. The van der Waals surface area contributed by atoms with Crippen LogP contribution in [0.25, 0.3) is 0 Å². The Morgan fingerprint density at radius 2 is 2.17 bits per heavy atom. The Kier molecular flexibility index (Phi) is 7.21. The lowest BCUT2D eigenvalue weighted by Crippen LogP contribution is -2.45. The third-order valence-corrected chi connectivity index (χ3v) is 2.87. The van der Waals surface area contributed by atoms with Crippen molar-refractivity contribution in [1.29, 1.82) is 0 Å². The number of aryl methyl sites for hydroxylation is 1. The number of hydrogen-bond donors (Lipinski definition) is 1. The molecule has 0 bridgehead atoms. The summed E-state index contributed by atoms with van der Waals surface area (Å²) in [6.45, 7) is 3.40. The van der Waals surface area contributed by atoms with Gasteiger partial charge in [0.05, 0.1) is 5.56 Å². The number of aromatic nitrogens is 1. The largest absolute Gasteiger partial charge is 0.337 e. The second-order valence-electron chi connectivity index (χ2n) is 4.40. The summed E-state index contributed by atoms with van der Waals surface area (Å²) in [6.07, 6.45) is 5.37. The van der Waals surface area contributed by atoms with E-state index in [9.17, 15) is 4.79 Å². The van der Waals surface area contributed by atoms with Crippen LogP contribution in [0.15, 0.2) is 18.5 Å². The van der Waals surface area contributed by atoms with E-state index in [1.54, 1.807) is 12.4 Å². The number of likely N-dealkylation sites (tertiary alicyclic amines) is 1. The van der Waals surface area contributed by atoms with Crippen molar-refractivity contribution in [3.05, 3.63) is 29.6 Å². The Balaban J connectivity index is 0.00000144. The summed E-state index contributed by atoms with van der Waals surface area (Å²) < 4.78 is 0. The zero-order valence-electron chi connectivity index (χ0n) is 10.3. The standard InChI is InChI=1S/C12H17N3O.2ClH/c1-9-5-10(7-14-6-9)12(16)15-4-2-3-11(13)8-15;;/h5-7,11H,2-4,8,13H2,1H3;2*1H/t11-;;/m1../s1. The molecule has 2 rings (SSSR count). The summed E-state index contributed by atoms with van der Waals surface area (Å²) in [5, 5.41) is 0. The van der Waals surface area contributed by atoms with Gasteiger partial charge in [-0.1, -0.05) is 0 Å². The van der Waals surface area contributed by atoms with E-state index in [0.29, 0.717) is 12.1 Å². The molecular formula is C12H19Cl2N3O. The number of nitrogens with zero attached hydrogens (tertiary/aromatic N) is 2. The fourth-order valence-corrected chi connectivity index (χ4v) is 2.05. The molecule has 1 aliphatic rings. The van der Waals surface area contributed by atoms with Crippen molar-refractivity contribution in [2.45, 2.75) is 25.8 Å². The Bertz CT molecular complexity index is 401. The predicted molar refractivity (Wildman–Crippen MR) is 76.6 cm³/mol. The second-order valence-corrected chi connectivity index (χ2v) is 4.40. The maximum Gasteiger partial charge on any atom is 0.255 e. The normalized spacial score (nSPS) is 18.6. The third-order valence-electron chi connectivity index (χ3n) is 2.87. The van der Waals surface area contributed by atoms with Gasteiger partial charge >= 0.3 is 0 Å². The van der Waals surface area contributed by atoms with Gasteiger partial charge in [-0.05, 0) is 31.4 Å². The van der Waals surface area contributed by atoms with Gasteiger partial charge < -0.3 is 10.6 Å². The maximum absolute atomic E-state index is 12.1. The summed E-state index contributed by atoms with van der Waals surface area (Å²) in [5.74, 6) is 0.0475. The summed E-state index contributed by atoms with van der Waals surface area (Å²) >= 11 is 0. The molecule has 1 atom stereocenters. The second kappa shape index (κ2) is 7.56. The summed E-state index contributed by atoms with van der Waals surface area (Å²) in [6, 6.07) is 1.99. The van der Waals surface area contributed by atoms with Gasteiger partial charge in [-0.2, -0.15) is 0 Å². The molecule has 0 spiro atoms. The molecule has 0 unspecified atom stereocenters.